The number of aliphatic hydroxyl groups excluding tert-OH is 1. The largest absolute Gasteiger partial charge is 0.390 e. The molecule has 1 aliphatic rings. The minimum atomic E-state index is -3.46. The number of β-amino-alcohol motifs (C(OH)–C–C–N with tert-alkyl or cyclic N) is 1. The zero-order valence-electron chi connectivity index (χ0n) is 10.8. The average Bonchev–Trinajstić information content (AvgIpc) is 2.35. The van der Waals surface area contributed by atoms with Gasteiger partial charge in [-0.25, -0.2) is 13.1 Å². The highest BCUT2D eigenvalue weighted by atomic mass is 35.5. The van der Waals surface area contributed by atoms with Crippen LogP contribution in [0.5, 0.6) is 0 Å². The van der Waals surface area contributed by atoms with Crippen LogP contribution >= 0.6 is 24.0 Å². The number of nitrogens with one attached hydrogen (secondary N) is 2. The monoisotopic (exact) mass is 340 g/mol. The van der Waals surface area contributed by atoms with E-state index in [9.17, 15) is 13.5 Å². The van der Waals surface area contributed by atoms with E-state index < -0.39 is 22.2 Å². The minimum Gasteiger partial charge on any atom is -0.390 e. The first-order chi connectivity index (χ1) is 8.96. The lowest BCUT2D eigenvalue weighted by atomic mass is 10.1. The maximum atomic E-state index is 12.0. The second kappa shape index (κ2) is 7.59. The highest BCUT2D eigenvalue weighted by Gasteiger charge is 2.27. The van der Waals surface area contributed by atoms with Crippen molar-refractivity contribution in [2.45, 2.75) is 24.3 Å². The lowest BCUT2D eigenvalue weighted by Crippen LogP contribution is -2.52. The first kappa shape index (κ1) is 17.7. The van der Waals surface area contributed by atoms with Gasteiger partial charge in [-0.3, -0.25) is 0 Å². The fourth-order valence-corrected chi connectivity index (χ4v) is 3.63. The molecule has 0 aliphatic carbocycles. The van der Waals surface area contributed by atoms with Crippen molar-refractivity contribution in [2.24, 2.45) is 0 Å². The Morgan fingerprint density at radius 3 is 2.60 bits per heavy atom. The van der Waals surface area contributed by atoms with Crippen LogP contribution in [-0.4, -0.2) is 38.8 Å². The standard InChI is InChI=1S/C12H17ClN2O3S.ClH/c13-10-3-1-9(2-4-10)8-19(17,18)15-11-5-6-14-7-12(11)16;/h1-4,11-12,14-16H,5-8H2;1H/t11-,12-;/m1./s1. The number of hydrogen-bond acceptors (Lipinski definition) is 4. The molecule has 5 nitrogen and oxygen atoms in total. The van der Waals surface area contributed by atoms with Crippen LogP contribution in [-0.2, 0) is 15.8 Å². The lowest BCUT2D eigenvalue weighted by Gasteiger charge is -2.28. The molecule has 1 heterocycles. The molecule has 1 saturated heterocycles. The molecule has 20 heavy (non-hydrogen) atoms. The maximum Gasteiger partial charge on any atom is 0.216 e. The van der Waals surface area contributed by atoms with Gasteiger partial charge in [-0.1, -0.05) is 23.7 Å². The SMILES string of the molecule is Cl.O=S(=O)(Cc1ccc(Cl)cc1)N[C@@H]1CCNC[C@H]1O. The van der Waals surface area contributed by atoms with Crippen LogP contribution in [0.4, 0.5) is 0 Å². The predicted octanol–water partition coefficient (Wildman–Crippen LogP) is 0.904. The number of aliphatic hydroxyl groups is 1. The van der Waals surface area contributed by atoms with Gasteiger partial charge in [0.25, 0.3) is 0 Å². The molecule has 8 heteroatoms. The van der Waals surface area contributed by atoms with E-state index in [0.717, 1.165) is 0 Å². The third-order valence-electron chi connectivity index (χ3n) is 3.05. The topological polar surface area (TPSA) is 78.4 Å². The summed E-state index contributed by atoms with van der Waals surface area (Å²) in [6.07, 6.45) is -0.102. The molecule has 2 rings (SSSR count). The summed E-state index contributed by atoms with van der Waals surface area (Å²) in [4.78, 5) is 0. The highest BCUT2D eigenvalue weighted by Crippen LogP contribution is 2.13. The van der Waals surface area contributed by atoms with Gasteiger partial charge in [0.15, 0.2) is 0 Å². The quantitative estimate of drug-likeness (QED) is 0.761. The summed E-state index contributed by atoms with van der Waals surface area (Å²) in [6.45, 7) is 1.11. The van der Waals surface area contributed by atoms with E-state index in [1.165, 1.54) is 0 Å². The summed E-state index contributed by atoms with van der Waals surface area (Å²) in [5.41, 5.74) is 0.667. The van der Waals surface area contributed by atoms with Crippen molar-refractivity contribution in [3.8, 4) is 0 Å². The number of benzene rings is 1. The Balaban J connectivity index is 0.00000200. The Morgan fingerprint density at radius 1 is 1.35 bits per heavy atom. The smallest absolute Gasteiger partial charge is 0.216 e. The Labute approximate surface area is 130 Å². The lowest BCUT2D eigenvalue weighted by molar-refractivity contribution is 0.113. The molecule has 0 bridgehead atoms. The van der Waals surface area contributed by atoms with Crippen LogP contribution < -0.4 is 10.0 Å². The van der Waals surface area contributed by atoms with Crippen molar-refractivity contribution in [1.29, 1.82) is 0 Å². The van der Waals surface area contributed by atoms with Gasteiger partial charge < -0.3 is 10.4 Å². The van der Waals surface area contributed by atoms with Gasteiger partial charge >= 0.3 is 0 Å². The molecular weight excluding hydrogens is 323 g/mol. The number of halogens is 2. The first-order valence-corrected chi connectivity index (χ1v) is 8.12. The Hall–Kier alpha value is -0.370. The number of piperidine rings is 1. The second-order valence-corrected chi connectivity index (χ2v) is 6.86. The second-order valence-electron chi connectivity index (χ2n) is 4.67. The third-order valence-corrected chi connectivity index (χ3v) is 4.68. The number of hydrogen-bond donors (Lipinski definition) is 3. The van der Waals surface area contributed by atoms with Gasteiger partial charge in [-0.2, -0.15) is 0 Å². The molecule has 1 aromatic rings. The molecule has 0 aromatic heterocycles. The maximum absolute atomic E-state index is 12.0. The van der Waals surface area contributed by atoms with E-state index in [2.05, 4.69) is 10.0 Å². The van der Waals surface area contributed by atoms with Gasteiger partial charge in [-0.15, -0.1) is 12.4 Å². The van der Waals surface area contributed by atoms with Gasteiger partial charge in [0.1, 0.15) is 0 Å². The van der Waals surface area contributed by atoms with E-state index in [0.29, 0.717) is 30.1 Å². The predicted molar refractivity (Wildman–Crippen MR) is 81.7 cm³/mol. The Kier molecular flexibility index (Phi) is 6.71. The van der Waals surface area contributed by atoms with E-state index in [-0.39, 0.29) is 18.2 Å². The molecule has 2 atom stereocenters. The Bertz CT molecular complexity index is 522. The van der Waals surface area contributed by atoms with Crippen molar-refractivity contribution in [3.05, 3.63) is 34.9 Å². The normalized spacial score (nSPS) is 23.1. The van der Waals surface area contributed by atoms with Crippen LogP contribution in [0.2, 0.25) is 5.02 Å². The summed E-state index contributed by atoms with van der Waals surface area (Å²) in [5, 5.41) is 13.3. The van der Waals surface area contributed by atoms with Crippen molar-refractivity contribution < 1.29 is 13.5 Å². The number of rotatable bonds is 4. The fraction of sp³-hybridized carbons (Fsp3) is 0.500. The van der Waals surface area contributed by atoms with E-state index in [1.807, 2.05) is 0 Å². The first-order valence-electron chi connectivity index (χ1n) is 6.09. The summed E-state index contributed by atoms with van der Waals surface area (Å²) >= 11 is 5.75. The Morgan fingerprint density at radius 2 is 2.00 bits per heavy atom. The fourth-order valence-electron chi connectivity index (χ4n) is 2.05. The van der Waals surface area contributed by atoms with Crippen LogP contribution in [0.3, 0.4) is 0 Å². The molecule has 0 spiro atoms. The van der Waals surface area contributed by atoms with E-state index >= 15 is 0 Å². The summed E-state index contributed by atoms with van der Waals surface area (Å²) in [6, 6.07) is 6.26. The molecular formula is C12H18Cl2N2O3S. The number of sulfonamides is 1. The molecule has 1 fully saturated rings. The average molecular weight is 341 g/mol. The molecule has 0 saturated carbocycles. The van der Waals surface area contributed by atoms with Gasteiger partial charge in [0.05, 0.1) is 17.9 Å². The van der Waals surface area contributed by atoms with E-state index in [4.69, 9.17) is 11.6 Å². The molecule has 0 amide bonds. The van der Waals surface area contributed by atoms with Crippen LogP contribution in [0.15, 0.2) is 24.3 Å². The van der Waals surface area contributed by atoms with Crippen LogP contribution in [0.1, 0.15) is 12.0 Å². The van der Waals surface area contributed by atoms with Crippen molar-refractivity contribution in [3.63, 3.8) is 0 Å². The zero-order valence-corrected chi connectivity index (χ0v) is 13.1. The molecule has 1 aromatic carbocycles. The summed E-state index contributed by atoms with van der Waals surface area (Å²) in [5.74, 6) is -0.110. The molecule has 1 aliphatic heterocycles. The van der Waals surface area contributed by atoms with E-state index in [1.54, 1.807) is 24.3 Å². The highest BCUT2D eigenvalue weighted by molar-refractivity contribution is 7.88. The van der Waals surface area contributed by atoms with Gasteiger partial charge in [0.2, 0.25) is 10.0 Å². The zero-order chi connectivity index (χ0) is 13.9. The van der Waals surface area contributed by atoms with Crippen molar-refractivity contribution >= 4 is 34.0 Å². The minimum absolute atomic E-state index is 0. The molecule has 0 radical (unpaired) electrons. The molecule has 114 valence electrons. The molecule has 0 unspecified atom stereocenters. The summed E-state index contributed by atoms with van der Waals surface area (Å²) in [7, 11) is -3.46. The van der Waals surface area contributed by atoms with Gasteiger partial charge in [-0.05, 0) is 30.7 Å². The van der Waals surface area contributed by atoms with Crippen molar-refractivity contribution in [1.82, 2.24) is 10.0 Å². The third kappa shape index (κ3) is 5.20. The van der Waals surface area contributed by atoms with Crippen molar-refractivity contribution in [2.75, 3.05) is 13.1 Å². The van der Waals surface area contributed by atoms with Crippen LogP contribution in [0.25, 0.3) is 0 Å². The van der Waals surface area contributed by atoms with Crippen LogP contribution in [0, 0.1) is 0 Å². The van der Waals surface area contributed by atoms with Gasteiger partial charge in [0, 0.05) is 11.6 Å². The molecule has 3 N–H and O–H groups in total. The summed E-state index contributed by atoms with van der Waals surface area (Å²) < 4.78 is 26.6.